The number of ether oxygens (including phenoxy) is 2. The topological polar surface area (TPSA) is 79.3 Å². The van der Waals surface area contributed by atoms with Gasteiger partial charge in [-0.1, -0.05) is 11.6 Å². The quantitative estimate of drug-likeness (QED) is 0.670. The van der Waals surface area contributed by atoms with Gasteiger partial charge >= 0.3 is 6.09 Å². The van der Waals surface area contributed by atoms with Gasteiger partial charge in [-0.3, -0.25) is 4.79 Å². The Hall–Kier alpha value is -1.58. The maximum Gasteiger partial charge on any atom is 0.410 e. The van der Waals surface area contributed by atoms with Gasteiger partial charge in [-0.2, -0.15) is 0 Å². The smallest absolute Gasteiger partial charge is 0.410 e. The number of carbonyl (C=O) groups excluding carboxylic acids is 2. The van der Waals surface area contributed by atoms with Crippen LogP contribution in [0.5, 0.6) is 5.75 Å². The van der Waals surface area contributed by atoms with Crippen molar-refractivity contribution >= 4 is 39.5 Å². The maximum atomic E-state index is 14.6. The molecule has 1 aliphatic heterocycles. The Labute approximate surface area is 176 Å². The fourth-order valence-electron chi connectivity index (χ4n) is 2.81. The van der Waals surface area contributed by atoms with E-state index in [1.165, 1.54) is 23.0 Å². The lowest BCUT2D eigenvalue weighted by molar-refractivity contribution is -0.00255. The first-order chi connectivity index (χ1) is 13.0. The van der Waals surface area contributed by atoms with Gasteiger partial charge in [0.05, 0.1) is 34.8 Å². The molecule has 1 aromatic rings. The van der Waals surface area contributed by atoms with E-state index in [2.05, 4.69) is 15.9 Å². The maximum absolute atomic E-state index is 14.6. The Balaban J connectivity index is 2.24. The van der Waals surface area contributed by atoms with Gasteiger partial charge in [-0.25, -0.2) is 9.18 Å². The second-order valence-electron chi connectivity index (χ2n) is 7.33. The average Bonchev–Trinajstić information content (AvgIpc) is 2.64. The Kier molecular flexibility index (Phi) is 7.17. The molecule has 7 nitrogen and oxygen atoms in total. The molecule has 0 spiro atoms. The Morgan fingerprint density at radius 3 is 2.57 bits per heavy atom. The predicted molar refractivity (Wildman–Crippen MR) is 105 cm³/mol. The zero-order valence-corrected chi connectivity index (χ0v) is 18.4. The van der Waals surface area contributed by atoms with E-state index in [4.69, 9.17) is 21.1 Å². The minimum absolute atomic E-state index is 0.0696. The third-order valence-corrected chi connectivity index (χ3v) is 5.54. The molecular formula is C18H23BrClFN2O5. The summed E-state index contributed by atoms with van der Waals surface area (Å²) < 4.78 is 25.3. The number of piperazine rings is 1. The van der Waals surface area contributed by atoms with Gasteiger partial charge < -0.3 is 24.4 Å². The van der Waals surface area contributed by atoms with Crippen LogP contribution in [0, 0.1) is 5.82 Å². The van der Waals surface area contributed by atoms with E-state index in [0.717, 1.165) is 0 Å². The molecule has 0 bridgehead atoms. The summed E-state index contributed by atoms with van der Waals surface area (Å²) in [6, 6.07) is 0.545. The molecule has 0 radical (unpaired) electrons. The summed E-state index contributed by atoms with van der Waals surface area (Å²) in [5.41, 5.74) is -0.929. The van der Waals surface area contributed by atoms with Crippen LogP contribution in [0.1, 0.15) is 31.1 Å². The van der Waals surface area contributed by atoms with Gasteiger partial charge in [0.15, 0.2) is 5.82 Å². The van der Waals surface area contributed by atoms with E-state index in [0.29, 0.717) is 0 Å². The summed E-state index contributed by atoms with van der Waals surface area (Å²) in [6.07, 6.45) is -0.530. The summed E-state index contributed by atoms with van der Waals surface area (Å²) >= 11 is 9.08. The van der Waals surface area contributed by atoms with Crippen LogP contribution < -0.4 is 4.74 Å². The van der Waals surface area contributed by atoms with Crippen LogP contribution in [0.3, 0.4) is 0 Å². The lowest BCUT2D eigenvalue weighted by atomic mass is 10.1. The molecule has 1 aliphatic rings. The molecule has 0 saturated carbocycles. The third kappa shape index (κ3) is 4.87. The fraction of sp³-hybridized carbons (Fsp3) is 0.556. The number of aliphatic hydroxyl groups is 1. The number of halogens is 3. The highest BCUT2D eigenvalue weighted by Gasteiger charge is 2.36. The summed E-state index contributed by atoms with van der Waals surface area (Å²) in [4.78, 5) is 27.9. The number of amides is 2. The molecule has 0 unspecified atom stereocenters. The van der Waals surface area contributed by atoms with Crippen LogP contribution in [0.2, 0.25) is 5.02 Å². The fourth-order valence-corrected chi connectivity index (χ4v) is 3.46. The van der Waals surface area contributed by atoms with Gasteiger partial charge in [0.2, 0.25) is 0 Å². The van der Waals surface area contributed by atoms with Gasteiger partial charge in [-0.05, 0) is 42.8 Å². The minimum Gasteiger partial charge on any atom is -0.495 e. The van der Waals surface area contributed by atoms with E-state index >= 15 is 0 Å². The van der Waals surface area contributed by atoms with Crippen molar-refractivity contribution < 1.29 is 28.6 Å². The second-order valence-corrected chi connectivity index (χ2v) is 8.50. The van der Waals surface area contributed by atoms with E-state index < -0.39 is 36.1 Å². The summed E-state index contributed by atoms with van der Waals surface area (Å²) in [5.74, 6) is -1.32. The lowest BCUT2D eigenvalue weighted by Crippen LogP contribution is -2.58. The van der Waals surface area contributed by atoms with Crippen LogP contribution in [0.4, 0.5) is 9.18 Å². The first-order valence-corrected chi connectivity index (χ1v) is 9.78. The van der Waals surface area contributed by atoms with Crippen molar-refractivity contribution in [2.75, 3.05) is 33.4 Å². The van der Waals surface area contributed by atoms with Crippen molar-refractivity contribution in [3.8, 4) is 5.75 Å². The number of benzene rings is 1. The van der Waals surface area contributed by atoms with Crippen molar-refractivity contribution in [3.63, 3.8) is 0 Å². The van der Waals surface area contributed by atoms with E-state index in [9.17, 15) is 19.1 Å². The average molecular weight is 482 g/mol. The summed E-state index contributed by atoms with van der Waals surface area (Å²) in [5, 5.41) is 9.47. The van der Waals surface area contributed by atoms with Crippen molar-refractivity contribution in [1.82, 2.24) is 9.80 Å². The van der Waals surface area contributed by atoms with Gasteiger partial charge in [-0.15, -0.1) is 0 Å². The molecule has 2 rings (SSSR count). The largest absolute Gasteiger partial charge is 0.495 e. The van der Waals surface area contributed by atoms with Crippen LogP contribution >= 0.6 is 27.5 Å². The molecule has 1 fully saturated rings. The van der Waals surface area contributed by atoms with Gasteiger partial charge in [0.25, 0.3) is 5.91 Å². The molecule has 156 valence electrons. The molecule has 1 N–H and O–H groups in total. The normalized spacial score (nSPS) is 17.5. The predicted octanol–water partition coefficient (Wildman–Crippen LogP) is 3.30. The number of hydrogen-bond acceptors (Lipinski definition) is 5. The molecule has 1 saturated heterocycles. The molecule has 2 amide bonds. The highest BCUT2D eigenvalue weighted by Crippen LogP contribution is 2.37. The number of hydrogen-bond donors (Lipinski definition) is 1. The number of carbonyl (C=O) groups is 2. The minimum atomic E-state index is -0.884. The first-order valence-electron chi connectivity index (χ1n) is 8.61. The Morgan fingerprint density at radius 2 is 2.04 bits per heavy atom. The van der Waals surface area contributed by atoms with Crippen molar-refractivity contribution in [2.24, 2.45) is 0 Å². The van der Waals surface area contributed by atoms with E-state index in [1.807, 2.05) is 0 Å². The SMILES string of the molecule is COc1cc(C(=O)N2CCN(C(=O)OC(C)(C)C)C[C@@H]2CO)c(F)c(Cl)c1Br. The second kappa shape index (κ2) is 8.84. The molecule has 1 atom stereocenters. The molecule has 1 heterocycles. The molecule has 28 heavy (non-hydrogen) atoms. The van der Waals surface area contributed by atoms with Crippen LogP contribution in [-0.4, -0.2) is 71.9 Å². The molecular weight excluding hydrogens is 459 g/mol. The third-order valence-electron chi connectivity index (χ3n) is 4.17. The van der Waals surface area contributed by atoms with Crippen LogP contribution in [0.15, 0.2) is 10.5 Å². The van der Waals surface area contributed by atoms with Crippen molar-refractivity contribution in [3.05, 3.63) is 26.9 Å². The molecule has 1 aromatic carbocycles. The highest BCUT2D eigenvalue weighted by molar-refractivity contribution is 9.10. The summed E-state index contributed by atoms with van der Waals surface area (Å²) in [6.45, 7) is 5.23. The monoisotopic (exact) mass is 480 g/mol. The molecule has 0 aromatic heterocycles. The van der Waals surface area contributed by atoms with E-state index in [1.54, 1.807) is 20.8 Å². The zero-order valence-electron chi connectivity index (χ0n) is 16.1. The van der Waals surface area contributed by atoms with Crippen LogP contribution in [-0.2, 0) is 4.74 Å². The lowest BCUT2D eigenvalue weighted by Gasteiger charge is -2.41. The number of aliphatic hydroxyl groups excluding tert-OH is 1. The Morgan fingerprint density at radius 1 is 1.39 bits per heavy atom. The summed E-state index contributed by atoms with van der Waals surface area (Å²) in [7, 11) is 1.37. The van der Waals surface area contributed by atoms with E-state index in [-0.39, 0.29) is 40.4 Å². The highest BCUT2D eigenvalue weighted by atomic mass is 79.9. The number of methoxy groups -OCH3 is 1. The number of rotatable bonds is 3. The molecule has 10 heteroatoms. The zero-order chi connectivity index (χ0) is 21.2. The standard InChI is InChI=1S/C18H23BrClFN2O5/c1-18(2,3)28-17(26)22-5-6-23(10(8-22)9-24)16(25)11-7-12(27-4)13(19)14(20)15(11)21/h7,10,24H,5-6,8-9H2,1-4H3/t10-/m1/s1. The van der Waals surface area contributed by atoms with Crippen molar-refractivity contribution in [1.29, 1.82) is 0 Å². The Bertz CT molecular complexity index is 771. The van der Waals surface area contributed by atoms with Gasteiger partial charge in [0, 0.05) is 19.6 Å². The molecule has 0 aliphatic carbocycles. The van der Waals surface area contributed by atoms with Gasteiger partial charge in [0.1, 0.15) is 11.4 Å². The number of nitrogens with zero attached hydrogens (tertiary/aromatic N) is 2. The van der Waals surface area contributed by atoms with Crippen LogP contribution in [0.25, 0.3) is 0 Å². The van der Waals surface area contributed by atoms with Crippen molar-refractivity contribution in [2.45, 2.75) is 32.4 Å². The first kappa shape index (κ1) is 22.7.